The fraction of sp³-hybridized carbons (Fsp3) is 0.400. The molecule has 0 amide bonds. The maximum atomic E-state index is 5.71. The first kappa shape index (κ1) is 10.5. The molecular weight excluding hydrogens is 204 g/mol. The molecule has 16 heavy (non-hydrogen) atoms. The Bertz CT molecular complexity index is 496. The molecule has 0 radical (unpaired) electrons. The van der Waals surface area contributed by atoms with Crippen LogP contribution in [0, 0.1) is 0 Å². The Morgan fingerprint density at radius 2 is 1.88 bits per heavy atom. The highest BCUT2D eigenvalue weighted by Crippen LogP contribution is 2.20. The van der Waals surface area contributed by atoms with Gasteiger partial charge in [0, 0.05) is 17.8 Å². The summed E-state index contributed by atoms with van der Waals surface area (Å²) in [6, 6.07) is 0. The van der Waals surface area contributed by atoms with Crippen LogP contribution in [-0.4, -0.2) is 25.0 Å². The average Bonchev–Trinajstić information content (AvgIpc) is 2.66. The zero-order chi connectivity index (χ0) is 11.8. The van der Waals surface area contributed by atoms with Crippen LogP contribution in [-0.2, 0) is 5.41 Å². The van der Waals surface area contributed by atoms with Crippen molar-refractivity contribution >= 4 is 5.82 Å². The van der Waals surface area contributed by atoms with E-state index in [0.717, 1.165) is 5.69 Å². The van der Waals surface area contributed by atoms with Crippen molar-refractivity contribution in [3.63, 3.8) is 0 Å². The van der Waals surface area contributed by atoms with Crippen molar-refractivity contribution in [2.75, 3.05) is 5.73 Å². The van der Waals surface area contributed by atoms with E-state index in [4.69, 9.17) is 5.73 Å². The Morgan fingerprint density at radius 3 is 2.44 bits per heavy atom. The third-order valence-electron chi connectivity index (χ3n) is 2.19. The van der Waals surface area contributed by atoms with Gasteiger partial charge in [0.25, 0.3) is 0 Å². The summed E-state index contributed by atoms with van der Waals surface area (Å²) < 4.78 is 1.54. The minimum Gasteiger partial charge on any atom is -0.381 e. The quantitative estimate of drug-likeness (QED) is 0.770. The van der Waals surface area contributed by atoms with Crippen LogP contribution in [0.4, 0.5) is 5.82 Å². The summed E-state index contributed by atoms with van der Waals surface area (Å²) in [5.41, 5.74) is 6.55. The summed E-state index contributed by atoms with van der Waals surface area (Å²) >= 11 is 0. The van der Waals surface area contributed by atoms with Crippen molar-refractivity contribution in [1.29, 1.82) is 0 Å². The van der Waals surface area contributed by atoms with Gasteiger partial charge in [0.2, 0.25) is 0 Å². The highest BCUT2D eigenvalue weighted by molar-refractivity contribution is 5.44. The minimum atomic E-state index is -0.0464. The van der Waals surface area contributed by atoms with Gasteiger partial charge in [0.15, 0.2) is 11.6 Å². The molecule has 0 unspecified atom stereocenters. The second-order valence-corrected chi connectivity index (χ2v) is 4.56. The monoisotopic (exact) mass is 218 g/mol. The van der Waals surface area contributed by atoms with Gasteiger partial charge in [-0.05, 0) is 0 Å². The summed E-state index contributed by atoms with van der Waals surface area (Å²) in [5.74, 6) is 0.846. The Morgan fingerprint density at radius 1 is 1.19 bits per heavy atom. The van der Waals surface area contributed by atoms with E-state index < -0.39 is 0 Å². The number of rotatable bonds is 1. The van der Waals surface area contributed by atoms with Gasteiger partial charge in [-0.1, -0.05) is 26.0 Å². The van der Waals surface area contributed by atoms with Crippen molar-refractivity contribution < 1.29 is 0 Å². The first-order valence-electron chi connectivity index (χ1n) is 4.98. The SMILES string of the molecule is CC(C)(C)c1cn(-c2nccnc2N)nn1. The van der Waals surface area contributed by atoms with Crippen molar-refractivity contribution in [1.82, 2.24) is 25.0 Å². The topological polar surface area (TPSA) is 82.5 Å². The van der Waals surface area contributed by atoms with Crippen LogP contribution in [0.25, 0.3) is 5.82 Å². The van der Waals surface area contributed by atoms with Gasteiger partial charge in [-0.2, -0.15) is 4.68 Å². The van der Waals surface area contributed by atoms with Crippen molar-refractivity contribution in [3.05, 3.63) is 24.3 Å². The smallest absolute Gasteiger partial charge is 0.197 e. The van der Waals surface area contributed by atoms with Crippen LogP contribution in [0.15, 0.2) is 18.6 Å². The molecule has 0 aliphatic carbocycles. The molecule has 84 valence electrons. The first-order valence-corrected chi connectivity index (χ1v) is 4.98. The lowest BCUT2D eigenvalue weighted by Gasteiger charge is -2.12. The Balaban J connectivity index is 2.44. The predicted molar refractivity (Wildman–Crippen MR) is 60.1 cm³/mol. The molecule has 2 aromatic heterocycles. The van der Waals surface area contributed by atoms with Gasteiger partial charge in [0.05, 0.1) is 11.9 Å². The van der Waals surface area contributed by atoms with E-state index in [1.165, 1.54) is 0 Å². The van der Waals surface area contributed by atoms with Gasteiger partial charge in [-0.3, -0.25) is 0 Å². The fourth-order valence-corrected chi connectivity index (χ4v) is 1.23. The van der Waals surface area contributed by atoms with Gasteiger partial charge >= 0.3 is 0 Å². The van der Waals surface area contributed by atoms with Crippen molar-refractivity contribution in [3.8, 4) is 5.82 Å². The van der Waals surface area contributed by atoms with Crippen molar-refractivity contribution in [2.24, 2.45) is 0 Å². The normalized spacial score (nSPS) is 11.7. The molecule has 2 rings (SSSR count). The number of nitrogens with zero attached hydrogens (tertiary/aromatic N) is 5. The lowest BCUT2D eigenvalue weighted by atomic mass is 9.93. The van der Waals surface area contributed by atoms with Crippen LogP contribution in [0.3, 0.4) is 0 Å². The Kier molecular flexibility index (Phi) is 2.34. The van der Waals surface area contributed by atoms with Gasteiger partial charge in [0.1, 0.15) is 0 Å². The lowest BCUT2D eigenvalue weighted by molar-refractivity contribution is 0.566. The van der Waals surface area contributed by atoms with E-state index in [2.05, 4.69) is 41.1 Å². The first-order chi connectivity index (χ1) is 7.48. The summed E-state index contributed by atoms with van der Waals surface area (Å²) in [5, 5.41) is 8.09. The number of hydrogen-bond acceptors (Lipinski definition) is 5. The molecule has 0 saturated carbocycles. The highest BCUT2D eigenvalue weighted by atomic mass is 15.4. The zero-order valence-corrected chi connectivity index (χ0v) is 9.55. The Labute approximate surface area is 93.5 Å². The number of aromatic nitrogens is 5. The lowest BCUT2D eigenvalue weighted by Crippen LogP contribution is -2.11. The molecule has 6 heteroatoms. The molecule has 0 saturated heterocycles. The molecule has 0 spiro atoms. The van der Waals surface area contributed by atoms with Crippen LogP contribution in [0.5, 0.6) is 0 Å². The van der Waals surface area contributed by atoms with Crippen molar-refractivity contribution in [2.45, 2.75) is 26.2 Å². The molecule has 0 fully saturated rings. The molecule has 2 aromatic rings. The molecule has 2 heterocycles. The summed E-state index contributed by atoms with van der Waals surface area (Å²) in [6.07, 6.45) is 4.94. The number of hydrogen-bond donors (Lipinski definition) is 1. The second kappa shape index (κ2) is 3.55. The molecule has 0 bridgehead atoms. The summed E-state index contributed by atoms with van der Waals surface area (Å²) in [7, 11) is 0. The number of anilines is 1. The molecule has 2 N–H and O–H groups in total. The Hall–Kier alpha value is -1.98. The van der Waals surface area contributed by atoms with E-state index >= 15 is 0 Å². The maximum Gasteiger partial charge on any atom is 0.197 e. The largest absolute Gasteiger partial charge is 0.381 e. The summed E-state index contributed by atoms with van der Waals surface area (Å²) in [4.78, 5) is 8.07. The number of nitrogens with two attached hydrogens (primary N) is 1. The van der Waals surface area contributed by atoms with E-state index in [-0.39, 0.29) is 5.41 Å². The average molecular weight is 218 g/mol. The standard InChI is InChI=1S/C10H14N6/c1-10(2,3)7-6-16(15-14-7)9-8(11)12-4-5-13-9/h4-6H,1-3H3,(H2,11,12). The number of nitrogen functional groups attached to an aromatic ring is 1. The van der Waals surface area contributed by atoms with E-state index in [0.29, 0.717) is 11.6 Å². The third-order valence-corrected chi connectivity index (χ3v) is 2.19. The molecule has 6 nitrogen and oxygen atoms in total. The molecule has 0 atom stereocenters. The molecule has 0 aromatic carbocycles. The predicted octanol–water partition coefficient (Wildman–Crippen LogP) is 0.937. The van der Waals surface area contributed by atoms with E-state index in [1.54, 1.807) is 17.1 Å². The fourth-order valence-electron chi connectivity index (χ4n) is 1.23. The highest BCUT2D eigenvalue weighted by Gasteiger charge is 2.19. The molecule has 0 aliphatic heterocycles. The van der Waals surface area contributed by atoms with E-state index in [1.807, 2.05) is 6.20 Å². The van der Waals surface area contributed by atoms with Crippen LogP contribution < -0.4 is 5.73 Å². The van der Waals surface area contributed by atoms with Crippen LogP contribution in [0.1, 0.15) is 26.5 Å². The molecular formula is C10H14N6. The summed E-state index contributed by atoms with van der Waals surface area (Å²) in [6.45, 7) is 6.21. The van der Waals surface area contributed by atoms with Gasteiger partial charge < -0.3 is 5.73 Å². The third kappa shape index (κ3) is 1.86. The van der Waals surface area contributed by atoms with Crippen LogP contribution >= 0.6 is 0 Å². The second-order valence-electron chi connectivity index (χ2n) is 4.56. The zero-order valence-electron chi connectivity index (χ0n) is 9.55. The van der Waals surface area contributed by atoms with E-state index in [9.17, 15) is 0 Å². The van der Waals surface area contributed by atoms with Crippen LogP contribution in [0.2, 0.25) is 0 Å². The van der Waals surface area contributed by atoms with Gasteiger partial charge in [-0.25, -0.2) is 9.97 Å². The minimum absolute atomic E-state index is 0.0464. The van der Waals surface area contributed by atoms with Gasteiger partial charge in [-0.15, -0.1) is 5.10 Å². The molecule has 0 aliphatic rings. The maximum absolute atomic E-state index is 5.71.